The Morgan fingerprint density at radius 3 is 3.09 bits per heavy atom. The molecule has 1 aromatic carbocycles. The van der Waals surface area contributed by atoms with E-state index in [1.165, 1.54) is 5.56 Å². The van der Waals surface area contributed by atoms with Crippen LogP contribution in [0.15, 0.2) is 30.3 Å². The van der Waals surface area contributed by atoms with Gasteiger partial charge in [0.2, 0.25) is 5.91 Å². The maximum atomic E-state index is 12.4. The Kier molecular flexibility index (Phi) is 3.42. The van der Waals surface area contributed by atoms with Crippen LogP contribution in [0.3, 0.4) is 0 Å². The molecule has 2 aromatic rings. The van der Waals surface area contributed by atoms with Gasteiger partial charge in [-0.05, 0) is 24.3 Å². The second kappa shape index (κ2) is 5.57. The van der Waals surface area contributed by atoms with Crippen molar-refractivity contribution in [2.45, 2.75) is 25.9 Å². The normalized spacial score (nSPS) is 22.9. The third-order valence-corrected chi connectivity index (χ3v) is 4.54. The van der Waals surface area contributed by atoms with Crippen molar-refractivity contribution in [3.05, 3.63) is 47.2 Å². The number of hydrogen-bond donors (Lipinski definition) is 2. The number of fused-ring (bicyclic) bond motifs is 1. The van der Waals surface area contributed by atoms with Gasteiger partial charge in [-0.15, -0.1) is 0 Å². The average molecular weight is 297 g/mol. The van der Waals surface area contributed by atoms with Crippen LogP contribution in [0.5, 0.6) is 0 Å². The SMILES string of the molecule is O=C(Nc1n[nH]c2c1COCC2)C1CC1Cc1ccccc1. The number of nitrogens with one attached hydrogen (secondary N) is 2. The fourth-order valence-corrected chi connectivity index (χ4v) is 3.14. The van der Waals surface area contributed by atoms with Gasteiger partial charge in [-0.1, -0.05) is 30.3 Å². The number of benzene rings is 1. The molecule has 5 nitrogen and oxygen atoms in total. The predicted octanol–water partition coefficient (Wildman–Crippen LogP) is 2.30. The van der Waals surface area contributed by atoms with Crippen LogP contribution in [-0.2, 0) is 29.0 Å². The summed E-state index contributed by atoms with van der Waals surface area (Å²) < 4.78 is 5.44. The van der Waals surface area contributed by atoms with E-state index in [1.807, 2.05) is 18.2 Å². The molecule has 0 saturated heterocycles. The maximum Gasteiger partial charge on any atom is 0.228 e. The van der Waals surface area contributed by atoms with Crippen molar-refractivity contribution in [1.29, 1.82) is 0 Å². The standard InChI is InChI=1S/C17H19N3O2/c21-17(13-9-12(13)8-11-4-2-1-3-5-11)18-16-14-10-22-7-6-15(14)19-20-16/h1-5,12-13H,6-10H2,(H2,18,19,20,21). The first-order chi connectivity index (χ1) is 10.8. The molecule has 114 valence electrons. The van der Waals surface area contributed by atoms with Crippen molar-refractivity contribution in [2.24, 2.45) is 11.8 Å². The summed E-state index contributed by atoms with van der Waals surface area (Å²) in [7, 11) is 0. The Hall–Kier alpha value is -2.14. The number of carbonyl (C=O) groups excluding carboxylic acids is 1. The number of rotatable bonds is 4. The number of carbonyl (C=O) groups is 1. The van der Waals surface area contributed by atoms with E-state index in [0.717, 1.165) is 30.5 Å². The predicted molar refractivity (Wildman–Crippen MR) is 82.3 cm³/mol. The largest absolute Gasteiger partial charge is 0.376 e. The first-order valence-electron chi connectivity index (χ1n) is 7.80. The summed E-state index contributed by atoms with van der Waals surface area (Å²) in [6.45, 7) is 1.24. The van der Waals surface area contributed by atoms with Crippen LogP contribution in [0.4, 0.5) is 5.82 Å². The molecule has 1 saturated carbocycles. The number of nitrogens with zero attached hydrogens (tertiary/aromatic N) is 1. The van der Waals surface area contributed by atoms with Gasteiger partial charge in [0.1, 0.15) is 0 Å². The molecule has 1 aromatic heterocycles. The number of amides is 1. The van der Waals surface area contributed by atoms with Crippen LogP contribution in [0, 0.1) is 11.8 Å². The Balaban J connectivity index is 1.37. The number of aromatic amines is 1. The van der Waals surface area contributed by atoms with E-state index in [-0.39, 0.29) is 11.8 Å². The second-order valence-corrected chi connectivity index (χ2v) is 6.11. The van der Waals surface area contributed by atoms with E-state index in [2.05, 4.69) is 27.6 Å². The van der Waals surface area contributed by atoms with Gasteiger partial charge in [0.05, 0.1) is 13.2 Å². The van der Waals surface area contributed by atoms with E-state index in [4.69, 9.17) is 4.74 Å². The Morgan fingerprint density at radius 2 is 2.23 bits per heavy atom. The molecule has 2 heterocycles. The lowest BCUT2D eigenvalue weighted by Gasteiger charge is -2.12. The van der Waals surface area contributed by atoms with Crippen molar-refractivity contribution in [1.82, 2.24) is 10.2 Å². The summed E-state index contributed by atoms with van der Waals surface area (Å²) >= 11 is 0. The van der Waals surface area contributed by atoms with Gasteiger partial charge in [0.25, 0.3) is 0 Å². The third-order valence-electron chi connectivity index (χ3n) is 4.54. The zero-order chi connectivity index (χ0) is 14.9. The van der Waals surface area contributed by atoms with Crippen LogP contribution in [0.25, 0.3) is 0 Å². The fraction of sp³-hybridized carbons (Fsp3) is 0.412. The molecule has 2 N–H and O–H groups in total. The molecule has 2 aliphatic rings. The number of hydrogen-bond acceptors (Lipinski definition) is 3. The summed E-state index contributed by atoms with van der Waals surface area (Å²) in [6, 6.07) is 10.3. The van der Waals surface area contributed by atoms with Gasteiger partial charge in [-0.25, -0.2) is 0 Å². The molecule has 0 bridgehead atoms. The topological polar surface area (TPSA) is 67.0 Å². The summed E-state index contributed by atoms with van der Waals surface area (Å²) in [5, 5.41) is 10.2. The van der Waals surface area contributed by atoms with Crippen LogP contribution in [0.1, 0.15) is 23.2 Å². The number of aromatic nitrogens is 2. The molecule has 1 aliphatic carbocycles. The quantitative estimate of drug-likeness (QED) is 0.910. The van der Waals surface area contributed by atoms with Gasteiger partial charge >= 0.3 is 0 Å². The summed E-state index contributed by atoms with van der Waals surface area (Å²) in [5.74, 6) is 1.29. The maximum absolute atomic E-state index is 12.4. The molecule has 5 heteroatoms. The molecule has 1 amide bonds. The van der Waals surface area contributed by atoms with Crippen molar-refractivity contribution < 1.29 is 9.53 Å². The Bertz CT molecular complexity index is 680. The molecule has 2 unspecified atom stereocenters. The smallest absolute Gasteiger partial charge is 0.228 e. The third kappa shape index (κ3) is 2.64. The second-order valence-electron chi connectivity index (χ2n) is 6.11. The van der Waals surface area contributed by atoms with Crippen molar-refractivity contribution in [3.63, 3.8) is 0 Å². The minimum Gasteiger partial charge on any atom is -0.376 e. The van der Waals surface area contributed by atoms with Crippen LogP contribution < -0.4 is 5.32 Å². The van der Waals surface area contributed by atoms with Crippen molar-refractivity contribution in [3.8, 4) is 0 Å². The minimum absolute atomic E-state index is 0.0841. The van der Waals surface area contributed by atoms with Gasteiger partial charge in [-0.3, -0.25) is 9.89 Å². The zero-order valence-electron chi connectivity index (χ0n) is 12.3. The van der Waals surface area contributed by atoms with Crippen LogP contribution in [0.2, 0.25) is 0 Å². The highest BCUT2D eigenvalue weighted by atomic mass is 16.5. The molecular formula is C17H19N3O2. The molecular weight excluding hydrogens is 278 g/mol. The van der Waals surface area contributed by atoms with E-state index in [1.54, 1.807) is 0 Å². The lowest BCUT2D eigenvalue weighted by molar-refractivity contribution is -0.117. The summed E-state index contributed by atoms with van der Waals surface area (Å²) in [5.41, 5.74) is 3.38. The average Bonchev–Trinajstić information content (AvgIpc) is 3.21. The lowest BCUT2D eigenvalue weighted by Crippen LogP contribution is -2.17. The van der Waals surface area contributed by atoms with E-state index in [0.29, 0.717) is 24.9 Å². The molecule has 1 aliphatic heterocycles. The molecule has 1 fully saturated rings. The monoisotopic (exact) mass is 297 g/mol. The van der Waals surface area contributed by atoms with E-state index in [9.17, 15) is 4.79 Å². The molecule has 2 atom stereocenters. The van der Waals surface area contributed by atoms with Crippen LogP contribution >= 0.6 is 0 Å². The number of H-pyrrole nitrogens is 1. The van der Waals surface area contributed by atoms with Gasteiger partial charge in [-0.2, -0.15) is 5.10 Å². The number of ether oxygens (including phenoxy) is 1. The number of anilines is 1. The highest BCUT2D eigenvalue weighted by Crippen LogP contribution is 2.42. The fourth-order valence-electron chi connectivity index (χ4n) is 3.14. The molecule has 0 spiro atoms. The lowest BCUT2D eigenvalue weighted by atomic mass is 10.1. The van der Waals surface area contributed by atoms with Crippen molar-refractivity contribution >= 4 is 11.7 Å². The van der Waals surface area contributed by atoms with Crippen molar-refractivity contribution in [2.75, 3.05) is 11.9 Å². The highest BCUT2D eigenvalue weighted by molar-refractivity contribution is 5.94. The molecule has 4 rings (SSSR count). The summed E-state index contributed by atoms with van der Waals surface area (Å²) in [6.07, 6.45) is 2.77. The van der Waals surface area contributed by atoms with Gasteiger partial charge in [0.15, 0.2) is 5.82 Å². The van der Waals surface area contributed by atoms with E-state index >= 15 is 0 Å². The molecule has 0 radical (unpaired) electrons. The Morgan fingerprint density at radius 1 is 1.36 bits per heavy atom. The minimum atomic E-state index is 0.0841. The van der Waals surface area contributed by atoms with E-state index < -0.39 is 0 Å². The zero-order valence-corrected chi connectivity index (χ0v) is 12.3. The highest BCUT2D eigenvalue weighted by Gasteiger charge is 2.43. The van der Waals surface area contributed by atoms with Gasteiger partial charge < -0.3 is 10.1 Å². The Labute approximate surface area is 129 Å². The summed E-state index contributed by atoms with van der Waals surface area (Å²) in [4.78, 5) is 12.4. The first kappa shape index (κ1) is 13.5. The first-order valence-corrected chi connectivity index (χ1v) is 7.80. The molecule has 22 heavy (non-hydrogen) atoms. The van der Waals surface area contributed by atoms with Gasteiger partial charge in [0, 0.05) is 23.6 Å². The van der Waals surface area contributed by atoms with Crippen LogP contribution in [-0.4, -0.2) is 22.7 Å².